The smallest absolute Gasteiger partial charge is 0.263 e. The van der Waals surface area contributed by atoms with E-state index in [0.717, 1.165) is 0 Å². The second-order valence-corrected chi connectivity index (χ2v) is 4.73. The molecule has 0 aliphatic heterocycles. The van der Waals surface area contributed by atoms with Gasteiger partial charge in [0.1, 0.15) is 5.75 Å². The largest absolute Gasteiger partial charge is 0.496 e. The summed E-state index contributed by atoms with van der Waals surface area (Å²) in [7, 11) is 1.48. The van der Waals surface area contributed by atoms with Gasteiger partial charge < -0.3 is 4.74 Å². The van der Waals surface area contributed by atoms with Crippen molar-refractivity contribution in [1.29, 1.82) is 0 Å². The first-order valence-electron chi connectivity index (χ1n) is 5.44. The summed E-state index contributed by atoms with van der Waals surface area (Å²) in [6, 6.07) is 9.10. The van der Waals surface area contributed by atoms with Gasteiger partial charge in [0.2, 0.25) is 0 Å². The molecule has 0 bridgehead atoms. The molecule has 2 aromatic carbocycles. The summed E-state index contributed by atoms with van der Waals surface area (Å²) >= 11 is 11.9. The fourth-order valence-corrected chi connectivity index (χ4v) is 2.29. The van der Waals surface area contributed by atoms with E-state index in [-0.39, 0.29) is 5.56 Å². The third-order valence-electron chi connectivity index (χ3n) is 2.70. The van der Waals surface area contributed by atoms with E-state index in [4.69, 9.17) is 27.9 Å². The molecular formula is C14H10Cl2F2O. The number of alkyl halides is 2. The average Bonchev–Trinajstić information content (AvgIpc) is 2.38. The van der Waals surface area contributed by atoms with Crippen molar-refractivity contribution in [2.24, 2.45) is 0 Å². The number of rotatable bonds is 3. The van der Waals surface area contributed by atoms with Crippen LogP contribution in [0.1, 0.15) is 12.0 Å². The molecule has 19 heavy (non-hydrogen) atoms. The normalized spacial score (nSPS) is 10.8. The fourth-order valence-electron chi connectivity index (χ4n) is 1.78. The molecule has 0 radical (unpaired) electrons. The zero-order valence-corrected chi connectivity index (χ0v) is 11.5. The topological polar surface area (TPSA) is 9.23 Å². The molecule has 0 fully saturated rings. The summed E-state index contributed by atoms with van der Waals surface area (Å²) in [4.78, 5) is 0. The Morgan fingerprint density at radius 2 is 1.74 bits per heavy atom. The maximum absolute atomic E-state index is 12.8. The summed E-state index contributed by atoms with van der Waals surface area (Å²) in [5.74, 6) is 0.480. The van der Waals surface area contributed by atoms with E-state index in [2.05, 4.69) is 0 Å². The van der Waals surface area contributed by atoms with Crippen molar-refractivity contribution in [2.75, 3.05) is 7.11 Å². The third-order valence-corrected chi connectivity index (χ3v) is 3.24. The Morgan fingerprint density at radius 1 is 1.00 bits per heavy atom. The van der Waals surface area contributed by atoms with Crippen molar-refractivity contribution in [3.05, 3.63) is 52.0 Å². The van der Waals surface area contributed by atoms with Crippen LogP contribution < -0.4 is 4.74 Å². The van der Waals surface area contributed by atoms with E-state index in [9.17, 15) is 8.78 Å². The Hall–Kier alpha value is -1.32. The van der Waals surface area contributed by atoms with Crippen LogP contribution >= 0.6 is 23.2 Å². The molecule has 2 rings (SSSR count). The Kier molecular flexibility index (Phi) is 4.27. The first-order valence-corrected chi connectivity index (χ1v) is 6.20. The van der Waals surface area contributed by atoms with Crippen molar-refractivity contribution < 1.29 is 13.5 Å². The molecular weight excluding hydrogens is 293 g/mol. The van der Waals surface area contributed by atoms with Gasteiger partial charge in [-0.1, -0.05) is 29.3 Å². The lowest BCUT2D eigenvalue weighted by Crippen LogP contribution is -1.92. The van der Waals surface area contributed by atoms with Crippen molar-refractivity contribution in [2.45, 2.75) is 6.43 Å². The van der Waals surface area contributed by atoms with Crippen LogP contribution in [0.4, 0.5) is 8.78 Å². The zero-order valence-electron chi connectivity index (χ0n) is 9.96. The average molecular weight is 303 g/mol. The van der Waals surface area contributed by atoms with Crippen LogP contribution in [0.5, 0.6) is 5.75 Å². The first kappa shape index (κ1) is 14.1. The maximum atomic E-state index is 12.8. The minimum Gasteiger partial charge on any atom is -0.496 e. The highest BCUT2D eigenvalue weighted by molar-refractivity contribution is 6.36. The summed E-state index contributed by atoms with van der Waals surface area (Å²) in [5, 5.41) is 0.870. The minimum atomic E-state index is -2.55. The van der Waals surface area contributed by atoms with Crippen LogP contribution in [0.2, 0.25) is 10.0 Å². The molecule has 2 aromatic rings. The molecule has 1 nitrogen and oxygen atoms in total. The summed E-state index contributed by atoms with van der Waals surface area (Å²) in [5.41, 5.74) is 1.04. The van der Waals surface area contributed by atoms with E-state index in [1.807, 2.05) is 0 Å². The SMILES string of the molecule is COc1ccc(C(F)F)cc1-c1ccc(Cl)cc1Cl. The molecule has 0 aliphatic carbocycles. The van der Waals surface area contributed by atoms with Crippen molar-refractivity contribution in [3.63, 3.8) is 0 Å². The quantitative estimate of drug-likeness (QED) is 0.716. The van der Waals surface area contributed by atoms with Gasteiger partial charge in [-0.05, 0) is 30.3 Å². The number of methoxy groups -OCH3 is 1. The Balaban J connectivity index is 2.61. The van der Waals surface area contributed by atoms with E-state index < -0.39 is 6.43 Å². The molecule has 0 heterocycles. The van der Waals surface area contributed by atoms with Crippen LogP contribution in [-0.4, -0.2) is 7.11 Å². The van der Waals surface area contributed by atoms with Gasteiger partial charge in [0.25, 0.3) is 6.43 Å². The Bertz CT molecular complexity index is 600. The Morgan fingerprint density at radius 3 is 2.32 bits per heavy atom. The second kappa shape index (κ2) is 5.76. The molecule has 0 N–H and O–H groups in total. The van der Waals surface area contributed by atoms with Gasteiger partial charge in [0, 0.05) is 21.7 Å². The van der Waals surface area contributed by atoms with Gasteiger partial charge in [-0.15, -0.1) is 0 Å². The molecule has 100 valence electrons. The van der Waals surface area contributed by atoms with E-state index in [0.29, 0.717) is 26.9 Å². The summed E-state index contributed by atoms with van der Waals surface area (Å²) in [6.07, 6.45) is -2.55. The predicted molar refractivity (Wildman–Crippen MR) is 73.4 cm³/mol. The molecule has 0 spiro atoms. The number of hydrogen-bond donors (Lipinski definition) is 0. The fraction of sp³-hybridized carbons (Fsp3) is 0.143. The van der Waals surface area contributed by atoms with E-state index in [1.54, 1.807) is 18.2 Å². The van der Waals surface area contributed by atoms with Crippen LogP contribution in [-0.2, 0) is 0 Å². The molecule has 0 aromatic heterocycles. The molecule has 0 saturated carbocycles. The second-order valence-electron chi connectivity index (χ2n) is 3.88. The monoisotopic (exact) mass is 302 g/mol. The number of hydrogen-bond acceptors (Lipinski definition) is 1. The van der Waals surface area contributed by atoms with Crippen LogP contribution in [0.3, 0.4) is 0 Å². The number of benzene rings is 2. The van der Waals surface area contributed by atoms with E-state index in [1.165, 1.54) is 25.3 Å². The number of halogens is 4. The van der Waals surface area contributed by atoms with Gasteiger partial charge in [-0.2, -0.15) is 0 Å². The zero-order chi connectivity index (χ0) is 14.0. The van der Waals surface area contributed by atoms with Gasteiger partial charge in [0.05, 0.1) is 12.1 Å². The van der Waals surface area contributed by atoms with Crippen LogP contribution in [0.25, 0.3) is 11.1 Å². The Labute approximate surface area is 119 Å². The van der Waals surface area contributed by atoms with Crippen molar-refractivity contribution >= 4 is 23.2 Å². The van der Waals surface area contributed by atoms with Crippen LogP contribution in [0.15, 0.2) is 36.4 Å². The molecule has 0 saturated heterocycles. The number of ether oxygens (including phenoxy) is 1. The molecule has 0 atom stereocenters. The molecule has 0 aliphatic rings. The minimum absolute atomic E-state index is 0.0817. The van der Waals surface area contributed by atoms with Gasteiger partial charge in [0.15, 0.2) is 0 Å². The highest BCUT2D eigenvalue weighted by atomic mass is 35.5. The lowest BCUT2D eigenvalue weighted by molar-refractivity contribution is 0.151. The molecule has 0 amide bonds. The van der Waals surface area contributed by atoms with E-state index >= 15 is 0 Å². The van der Waals surface area contributed by atoms with Gasteiger partial charge in [-0.3, -0.25) is 0 Å². The highest BCUT2D eigenvalue weighted by Crippen LogP contribution is 2.38. The van der Waals surface area contributed by atoms with Crippen molar-refractivity contribution in [1.82, 2.24) is 0 Å². The van der Waals surface area contributed by atoms with Crippen LogP contribution in [0, 0.1) is 0 Å². The molecule has 0 unspecified atom stereocenters. The third kappa shape index (κ3) is 2.99. The summed E-state index contributed by atoms with van der Waals surface area (Å²) in [6.45, 7) is 0. The lowest BCUT2D eigenvalue weighted by atomic mass is 10.0. The first-order chi connectivity index (χ1) is 9.02. The van der Waals surface area contributed by atoms with Gasteiger partial charge >= 0.3 is 0 Å². The van der Waals surface area contributed by atoms with Gasteiger partial charge in [-0.25, -0.2) is 8.78 Å². The maximum Gasteiger partial charge on any atom is 0.263 e. The molecule has 5 heteroatoms. The predicted octanol–water partition coefficient (Wildman–Crippen LogP) is 5.61. The standard InChI is InChI=1S/C14H10Cl2F2O/c1-19-13-5-2-8(14(17)18)6-11(13)10-4-3-9(15)7-12(10)16/h2-7,14H,1H3. The summed E-state index contributed by atoms with van der Waals surface area (Å²) < 4.78 is 30.7. The highest BCUT2D eigenvalue weighted by Gasteiger charge is 2.14. The lowest BCUT2D eigenvalue weighted by Gasteiger charge is -2.12. The van der Waals surface area contributed by atoms with Crippen molar-refractivity contribution in [3.8, 4) is 16.9 Å².